The minimum Gasteiger partial charge on any atom is -0.324 e. The second kappa shape index (κ2) is 6.94. The van der Waals surface area contributed by atoms with Gasteiger partial charge in [-0.3, -0.25) is 9.59 Å². The van der Waals surface area contributed by atoms with E-state index in [9.17, 15) is 14.4 Å². The van der Waals surface area contributed by atoms with Crippen LogP contribution in [0.1, 0.15) is 19.4 Å². The zero-order chi connectivity index (χ0) is 18.0. The molecular weight excluding hydrogens is 342 g/mol. The summed E-state index contributed by atoms with van der Waals surface area (Å²) in [4.78, 5) is 40.3. The van der Waals surface area contributed by atoms with E-state index in [1.54, 1.807) is 55.5 Å². The Bertz CT molecular complexity index is 1040. The standard InChI is InChI=1S/C18H16ClN3O3/c1-2-15(16(23)20-12-9-7-11(19)8-10-12)22-17(24)13-5-3-4-6-14(13)21-18(22)25/h3-10,15H,2H2,1H3,(H,20,23)(H,21,25)/t15-/m1/s1. The quantitative estimate of drug-likeness (QED) is 0.753. The summed E-state index contributed by atoms with van der Waals surface area (Å²) in [6.07, 6.45) is 0.292. The van der Waals surface area contributed by atoms with Gasteiger partial charge in [-0.05, 0) is 42.8 Å². The van der Waals surface area contributed by atoms with Crippen LogP contribution in [0.3, 0.4) is 0 Å². The van der Waals surface area contributed by atoms with E-state index < -0.39 is 23.2 Å². The molecule has 1 heterocycles. The van der Waals surface area contributed by atoms with E-state index in [2.05, 4.69) is 10.3 Å². The Labute approximate surface area is 148 Å². The predicted molar refractivity (Wildman–Crippen MR) is 98.2 cm³/mol. The largest absolute Gasteiger partial charge is 0.329 e. The van der Waals surface area contributed by atoms with Gasteiger partial charge in [0.25, 0.3) is 5.56 Å². The van der Waals surface area contributed by atoms with Crippen LogP contribution in [0.5, 0.6) is 0 Å². The molecule has 1 aromatic heterocycles. The molecule has 0 fully saturated rings. The van der Waals surface area contributed by atoms with Gasteiger partial charge in [0.1, 0.15) is 6.04 Å². The third-order valence-corrected chi connectivity index (χ3v) is 4.20. The summed E-state index contributed by atoms with van der Waals surface area (Å²) in [6.45, 7) is 1.74. The van der Waals surface area contributed by atoms with Crippen LogP contribution < -0.4 is 16.6 Å². The molecule has 25 heavy (non-hydrogen) atoms. The van der Waals surface area contributed by atoms with Crippen LogP contribution in [0.4, 0.5) is 5.69 Å². The zero-order valence-electron chi connectivity index (χ0n) is 13.5. The lowest BCUT2D eigenvalue weighted by Gasteiger charge is -2.17. The number of para-hydroxylation sites is 1. The third-order valence-electron chi connectivity index (χ3n) is 3.95. The molecule has 2 aromatic carbocycles. The number of rotatable bonds is 4. The van der Waals surface area contributed by atoms with Crippen LogP contribution in [0.2, 0.25) is 5.02 Å². The normalized spacial score (nSPS) is 12.1. The minimum atomic E-state index is -0.920. The highest BCUT2D eigenvalue weighted by molar-refractivity contribution is 6.30. The highest BCUT2D eigenvalue weighted by Gasteiger charge is 2.23. The number of aromatic nitrogens is 2. The summed E-state index contributed by atoms with van der Waals surface area (Å²) < 4.78 is 0.966. The van der Waals surface area contributed by atoms with Gasteiger partial charge in [0, 0.05) is 10.7 Å². The fourth-order valence-corrected chi connectivity index (χ4v) is 2.83. The summed E-state index contributed by atoms with van der Waals surface area (Å²) >= 11 is 5.83. The average Bonchev–Trinajstić information content (AvgIpc) is 2.60. The number of anilines is 1. The smallest absolute Gasteiger partial charge is 0.324 e. The molecule has 128 valence electrons. The van der Waals surface area contributed by atoms with Crippen molar-refractivity contribution in [2.24, 2.45) is 0 Å². The number of carbonyl (C=O) groups is 1. The number of hydrogen-bond donors (Lipinski definition) is 2. The zero-order valence-corrected chi connectivity index (χ0v) is 14.2. The van der Waals surface area contributed by atoms with Crippen LogP contribution in [-0.4, -0.2) is 15.5 Å². The first-order valence-electron chi connectivity index (χ1n) is 7.81. The molecule has 0 radical (unpaired) electrons. The number of amides is 1. The van der Waals surface area contributed by atoms with Gasteiger partial charge in [-0.25, -0.2) is 9.36 Å². The molecule has 0 aliphatic rings. The third kappa shape index (κ3) is 3.34. The topological polar surface area (TPSA) is 84.0 Å². The molecule has 2 N–H and O–H groups in total. The number of H-pyrrole nitrogens is 1. The Hall–Kier alpha value is -2.86. The van der Waals surface area contributed by atoms with Gasteiger partial charge >= 0.3 is 5.69 Å². The molecule has 0 aliphatic heterocycles. The van der Waals surface area contributed by atoms with Crippen molar-refractivity contribution in [1.29, 1.82) is 0 Å². The highest BCUT2D eigenvalue weighted by Crippen LogP contribution is 2.16. The van der Waals surface area contributed by atoms with Crippen molar-refractivity contribution < 1.29 is 4.79 Å². The Morgan fingerprint density at radius 3 is 2.52 bits per heavy atom. The van der Waals surface area contributed by atoms with E-state index >= 15 is 0 Å². The molecule has 6 nitrogen and oxygen atoms in total. The van der Waals surface area contributed by atoms with Gasteiger partial charge in [-0.1, -0.05) is 30.7 Å². The number of aromatic amines is 1. The number of hydrogen-bond acceptors (Lipinski definition) is 3. The molecule has 0 saturated heterocycles. The van der Waals surface area contributed by atoms with Crippen molar-refractivity contribution in [1.82, 2.24) is 9.55 Å². The Morgan fingerprint density at radius 1 is 1.16 bits per heavy atom. The Morgan fingerprint density at radius 2 is 1.84 bits per heavy atom. The molecule has 0 aliphatic carbocycles. The predicted octanol–water partition coefficient (Wildman–Crippen LogP) is 2.93. The molecule has 0 spiro atoms. The first-order chi connectivity index (χ1) is 12.0. The molecule has 3 aromatic rings. The minimum absolute atomic E-state index is 0.292. The lowest BCUT2D eigenvalue weighted by Crippen LogP contribution is -2.42. The number of carbonyl (C=O) groups excluding carboxylic acids is 1. The molecular formula is C18H16ClN3O3. The van der Waals surface area contributed by atoms with Gasteiger partial charge in [-0.2, -0.15) is 0 Å². The lowest BCUT2D eigenvalue weighted by atomic mass is 10.1. The average molecular weight is 358 g/mol. The number of halogens is 1. The number of benzene rings is 2. The van der Waals surface area contributed by atoms with Crippen LogP contribution in [-0.2, 0) is 4.79 Å². The van der Waals surface area contributed by atoms with Crippen LogP contribution in [0, 0.1) is 0 Å². The molecule has 3 rings (SSSR count). The van der Waals surface area contributed by atoms with Crippen molar-refractivity contribution in [3.63, 3.8) is 0 Å². The van der Waals surface area contributed by atoms with Crippen LogP contribution in [0.25, 0.3) is 10.9 Å². The molecule has 0 saturated carbocycles. The van der Waals surface area contributed by atoms with Crippen molar-refractivity contribution in [3.8, 4) is 0 Å². The maximum absolute atomic E-state index is 12.7. The van der Waals surface area contributed by atoms with Gasteiger partial charge in [0.05, 0.1) is 10.9 Å². The van der Waals surface area contributed by atoms with E-state index in [0.29, 0.717) is 28.0 Å². The Kier molecular flexibility index (Phi) is 4.72. The Balaban J connectivity index is 2.02. The van der Waals surface area contributed by atoms with E-state index in [1.807, 2.05) is 0 Å². The molecule has 0 bridgehead atoms. The molecule has 7 heteroatoms. The highest BCUT2D eigenvalue weighted by atomic mass is 35.5. The van der Waals surface area contributed by atoms with Crippen molar-refractivity contribution in [3.05, 3.63) is 74.4 Å². The van der Waals surface area contributed by atoms with Gasteiger partial charge < -0.3 is 10.3 Å². The van der Waals surface area contributed by atoms with E-state index in [-0.39, 0.29) is 0 Å². The van der Waals surface area contributed by atoms with E-state index in [1.165, 1.54) is 0 Å². The summed E-state index contributed by atoms with van der Waals surface area (Å²) in [7, 11) is 0. The van der Waals surface area contributed by atoms with Crippen molar-refractivity contribution >= 4 is 34.1 Å². The monoisotopic (exact) mass is 357 g/mol. The second-order valence-corrected chi connectivity index (χ2v) is 6.01. The van der Waals surface area contributed by atoms with Crippen LogP contribution in [0.15, 0.2) is 58.1 Å². The second-order valence-electron chi connectivity index (χ2n) is 5.57. The maximum atomic E-state index is 12.7. The van der Waals surface area contributed by atoms with Crippen LogP contribution >= 0.6 is 11.6 Å². The number of nitrogens with one attached hydrogen (secondary N) is 2. The summed E-state index contributed by atoms with van der Waals surface area (Å²) in [6, 6.07) is 12.4. The molecule has 0 unspecified atom stereocenters. The van der Waals surface area contributed by atoms with Gasteiger partial charge in [-0.15, -0.1) is 0 Å². The van der Waals surface area contributed by atoms with Crippen molar-refractivity contribution in [2.45, 2.75) is 19.4 Å². The molecule has 1 amide bonds. The summed E-state index contributed by atoms with van der Waals surface area (Å²) in [5, 5.41) is 3.62. The van der Waals surface area contributed by atoms with E-state index in [4.69, 9.17) is 11.6 Å². The van der Waals surface area contributed by atoms with Crippen molar-refractivity contribution in [2.75, 3.05) is 5.32 Å². The first kappa shape index (κ1) is 17.0. The maximum Gasteiger partial charge on any atom is 0.329 e. The number of fused-ring (bicyclic) bond motifs is 1. The molecule has 1 atom stereocenters. The summed E-state index contributed by atoms with van der Waals surface area (Å²) in [5.74, 6) is -0.437. The van der Waals surface area contributed by atoms with Gasteiger partial charge in [0.15, 0.2) is 0 Å². The fourth-order valence-electron chi connectivity index (χ4n) is 2.70. The first-order valence-corrected chi connectivity index (χ1v) is 8.19. The van der Waals surface area contributed by atoms with E-state index in [0.717, 1.165) is 4.57 Å². The summed E-state index contributed by atoms with van der Waals surface area (Å²) in [5.41, 5.74) is -0.112. The number of nitrogens with zero attached hydrogens (tertiary/aromatic N) is 1. The lowest BCUT2D eigenvalue weighted by molar-refractivity contribution is -0.119. The fraction of sp³-hybridized carbons (Fsp3) is 0.167. The van der Waals surface area contributed by atoms with Gasteiger partial charge in [0.2, 0.25) is 5.91 Å². The SMILES string of the molecule is CC[C@H](C(=O)Nc1ccc(Cl)cc1)n1c(=O)[nH]c2ccccc2c1=O.